The van der Waals surface area contributed by atoms with E-state index in [0.29, 0.717) is 57.4 Å². The standard InChI is InChI=1S/C30H41N3O5/c1-22-13-15-23(16-14-22)20-31-21-28(35)32-17-6-11-26(32)29(36)33-18-5-10-25(33)27(34)12-7-19-38-30(37)24-8-3-2-4-9-24/h2-3,8,13-16,25-26,28,31,35H,4-7,9-12,17-21H2,1H3. The summed E-state index contributed by atoms with van der Waals surface area (Å²) in [7, 11) is 0. The Bertz CT molecular complexity index is 1030. The van der Waals surface area contributed by atoms with E-state index in [9.17, 15) is 19.5 Å². The minimum atomic E-state index is -0.766. The van der Waals surface area contributed by atoms with Crippen molar-refractivity contribution in [2.45, 2.75) is 83.1 Å². The van der Waals surface area contributed by atoms with E-state index in [4.69, 9.17) is 4.74 Å². The van der Waals surface area contributed by atoms with Crippen LogP contribution in [-0.2, 0) is 25.7 Å². The molecule has 2 aliphatic heterocycles. The molecule has 206 valence electrons. The quantitative estimate of drug-likeness (QED) is 0.321. The predicted octanol–water partition coefficient (Wildman–Crippen LogP) is 3.03. The van der Waals surface area contributed by atoms with Gasteiger partial charge in [-0.05, 0) is 57.4 Å². The first-order chi connectivity index (χ1) is 18.4. The Kier molecular flexibility index (Phi) is 10.3. The van der Waals surface area contributed by atoms with Crippen molar-refractivity contribution in [1.29, 1.82) is 0 Å². The number of hydrogen-bond donors (Lipinski definition) is 2. The van der Waals surface area contributed by atoms with E-state index in [1.807, 2.05) is 17.1 Å². The maximum absolute atomic E-state index is 13.5. The summed E-state index contributed by atoms with van der Waals surface area (Å²) in [6.45, 7) is 4.49. The van der Waals surface area contributed by atoms with Crippen LogP contribution in [0.15, 0.2) is 48.1 Å². The summed E-state index contributed by atoms with van der Waals surface area (Å²) >= 11 is 0. The molecule has 3 unspecified atom stereocenters. The Labute approximate surface area is 225 Å². The molecule has 1 amide bonds. The highest BCUT2D eigenvalue weighted by Gasteiger charge is 2.41. The van der Waals surface area contributed by atoms with Crippen molar-refractivity contribution in [2.75, 3.05) is 26.2 Å². The lowest BCUT2D eigenvalue weighted by Gasteiger charge is -2.33. The van der Waals surface area contributed by atoms with Crippen LogP contribution in [0.2, 0.25) is 0 Å². The number of ketones is 1. The molecule has 0 aromatic heterocycles. The van der Waals surface area contributed by atoms with E-state index in [0.717, 1.165) is 24.8 Å². The number of nitrogens with one attached hydrogen (secondary N) is 1. The van der Waals surface area contributed by atoms with E-state index >= 15 is 0 Å². The van der Waals surface area contributed by atoms with Crippen molar-refractivity contribution in [3.8, 4) is 0 Å². The molecule has 3 atom stereocenters. The number of likely N-dealkylation sites (tertiary alicyclic amines) is 2. The monoisotopic (exact) mass is 523 g/mol. The molecule has 2 N–H and O–H groups in total. The number of aryl methyl sites for hydroxylation is 1. The first kappa shape index (κ1) is 28.2. The molecule has 8 heteroatoms. The predicted molar refractivity (Wildman–Crippen MR) is 145 cm³/mol. The molecule has 38 heavy (non-hydrogen) atoms. The summed E-state index contributed by atoms with van der Waals surface area (Å²) in [4.78, 5) is 42.3. The maximum atomic E-state index is 13.5. The second kappa shape index (κ2) is 13.8. The van der Waals surface area contributed by atoms with Crippen LogP contribution in [0.4, 0.5) is 0 Å². The Balaban J connectivity index is 1.23. The minimum Gasteiger partial charge on any atom is -0.462 e. The number of carbonyl (C=O) groups is 3. The Morgan fingerprint density at radius 1 is 1.11 bits per heavy atom. The molecular formula is C30H41N3O5. The fraction of sp³-hybridized carbons (Fsp3) is 0.567. The molecular weight excluding hydrogens is 482 g/mol. The van der Waals surface area contributed by atoms with E-state index in [1.165, 1.54) is 5.56 Å². The molecule has 2 saturated heterocycles. The van der Waals surface area contributed by atoms with E-state index in [-0.39, 0.29) is 30.7 Å². The van der Waals surface area contributed by atoms with Gasteiger partial charge in [-0.15, -0.1) is 0 Å². The smallest absolute Gasteiger partial charge is 0.334 e. The zero-order valence-electron chi connectivity index (χ0n) is 22.4. The molecule has 3 aliphatic rings. The number of aliphatic hydroxyl groups excluding tert-OH is 1. The van der Waals surface area contributed by atoms with Crippen LogP contribution in [0.3, 0.4) is 0 Å². The molecule has 1 aromatic rings. The second-order valence-corrected chi connectivity index (χ2v) is 10.5. The summed E-state index contributed by atoms with van der Waals surface area (Å²) in [5.41, 5.74) is 3.02. The fourth-order valence-electron chi connectivity index (χ4n) is 5.58. The van der Waals surface area contributed by atoms with Crippen LogP contribution < -0.4 is 5.32 Å². The van der Waals surface area contributed by atoms with Crippen molar-refractivity contribution in [3.63, 3.8) is 0 Å². The van der Waals surface area contributed by atoms with Gasteiger partial charge < -0.3 is 20.1 Å². The summed E-state index contributed by atoms with van der Waals surface area (Å²) in [6, 6.07) is 7.43. The van der Waals surface area contributed by atoms with E-state index < -0.39 is 18.3 Å². The fourth-order valence-corrected chi connectivity index (χ4v) is 5.58. The maximum Gasteiger partial charge on any atom is 0.334 e. The lowest BCUT2D eigenvalue weighted by Crippen LogP contribution is -2.53. The summed E-state index contributed by atoms with van der Waals surface area (Å²) in [6.07, 6.45) is 10.1. The highest BCUT2D eigenvalue weighted by Crippen LogP contribution is 2.27. The number of amides is 1. The van der Waals surface area contributed by atoms with Crippen molar-refractivity contribution >= 4 is 17.7 Å². The molecule has 0 saturated carbocycles. The Hall–Kier alpha value is -2.81. The van der Waals surface area contributed by atoms with Gasteiger partial charge in [0.2, 0.25) is 5.91 Å². The van der Waals surface area contributed by atoms with Gasteiger partial charge >= 0.3 is 5.97 Å². The van der Waals surface area contributed by atoms with Gasteiger partial charge in [0.25, 0.3) is 0 Å². The van der Waals surface area contributed by atoms with E-state index in [1.54, 1.807) is 11.0 Å². The van der Waals surface area contributed by atoms with Crippen LogP contribution in [0.25, 0.3) is 0 Å². The number of carbonyl (C=O) groups excluding carboxylic acids is 3. The van der Waals surface area contributed by atoms with Crippen LogP contribution in [-0.4, -0.2) is 77.1 Å². The van der Waals surface area contributed by atoms with E-state index in [2.05, 4.69) is 36.5 Å². The van der Waals surface area contributed by atoms with Gasteiger partial charge in [0.05, 0.1) is 18.7 Å². The van der Waals surface area contributed by atoms with Crippen LogP contribution >= 0.6 is 0 Å². The molecule has 1 aliphatic carbocycles. The molecule has 0 radical (unpaired) electrons. The molecule has 4 rings (SSSR count). The molecule has 2 fully saturated rings. The number of aliphatic hydroxyl groups is 1. The second-order valence-electron chi connectivity index (χ2n) is 10.5. The van der Waals surface area contributed by atoms with Crippen molar-refractivity contribution in [2.24, 2.45) is 0 Å². The first-order valence-corrected chi connectivity index (χ1v) is 14.0. The largest absolute Gasteiger partial charge is 0.462 e. The van der Waals surface area contributed by atoms with Gasteiger partial charge in [-0.2, -0.15) is 0 Å². The van der Waals surface area contributed by atoms with Gasteiger partial charge in [0.1, 0.15) is 6.23 Å². The van der Waals surface area contributed by atoms with Crippen molar-refractivity contribution in [1.82, 2.24) is 15.1 Å². The number of esters is 1. The number of benzene rings is 1. The van der Waals surface area contributed by atoms with Gasteiger partial charge in [-0.25, -0.2) is 4.79 Å². The number of nitrogens with zero attached hydrogens (tertiary/aromatic N) is 2. The lowest BCUT2D eigenvalue weighted by molar-refractivity contribution is -0.144. The third kappa shape index (κ3) is 7.40. The third-order valence-electron chi connectivity index (χ3n) is 7.72. The average molecular weight is 524 g/mol. The Morgan fingerprint density at radius 2 is 1.87 bits per heavy atom. The van der Waals surface area contributed by atoms with Gasteiger partial charge in [-0.3, -0.25) is 14.5 Å². The van der Waals surface area contributed by atoms with Crippen molar-refractivity contribution < 1.29 is 24.2 Å². The molecule has 8 nitrogen and oxygen atoms in total. The normalized spacial score (nSPS) is 22.4. The number of allylic oxidation sites excluding steroid dienone is 3. The van der Waals surface area contributed by atoms with Crippen LogP contribution in [0.1, 0.15) is 62.5 Å². The van der Waals surface area contributed by atoms with Crippen LogP contribution in [0, 0.1) is 6.92 Å². The molecule has 0 spiro atoms. The minimum absolute atomic E-state index is 0.0246. The van der Waals surface area contributed by atoms with Gasteiger partial charge in [0.15, 0.2) is 5.78 Å². The average Bonchev–Trinajstić information content (AvgIpc) is 3.63. The number of ether oxygens (including phenoxy) is 1. The molecule has 1 aromatic carbocycles. The Morgan fingerprint density at radius 3 is 2.63 bits per heavy atom. The number of Topliss-reactive ketones (excluding diaryl/α,β-unsaturated/α-hetero) is 1. The molecule has 2 heterocycles. The number of rotatable bonds is 12. The topological polar surface area (TPSA) is 99.2 Å². The highest BCUT2D eigenvalue weighted by atomic mass is 16.5. The lowest BCUT2D eigenvalue weighted by atomic mass is 10.0. The molecule has 0 bridgehead atoms. The number of hydrogen-bond acceptors (Lipinski definition) is 7. The van der Waals surface area contributed by atoms with Crippen molar-refractivity contribution in [3.05, 3.63) is 59.2 Å². The third-order valence-corrected chi connectivity index (χ3v) is 7.72. The van der Waals surface area contributed by atoms with Gasteiger partial charge in [0, 0.05) is 38.2 Å². The first-order valence-electron chi connectivity index (χ1n) is 14.0. The summed E-state index contributed by atoms with van der Waals surface area (Å²) in [5.74, 6) is -0.344. The highest BCUT2D eigenvalue weighted by molar-refractivity contribution is 5.92. The van der Waals surface area contributed by atoms with Crippen LogP contribution in [0.5, 0.6) is 0 Å². The zero-order chi connectivity index (χ0) is 26.9. The SMILES string of the molecule is Cc1ccc(CNCC(O)N2CCCC2C(=O)N2CCCC2C(=O)CCCOC(=O)C2=CC=CCC2)cc1. The summed E-state index contributed by atoms with van der Waals surface area (Å²) in [5, 5.41) is 14.2. The summed E-state index contributed by atoms with van der Waals surface area (Å²) < 4.78 is 5.34. The van der Waals surface area contributed by atoms with Gasteiger partial charge in [-0.1, -0.05) is 48.1 Å². The zero-order valence-corrected chi connectivity index (χ0v) is 22.4.